The van der Waals surface area contributed by atoms with Gasteiger partial charge in [-0.15, -0.1) is 0 Å². The molecule has 0 atom stereocenters. The van der Waals surface area contributed by atoms with Crippen molar-refractivity contribution in [3.63, 3.8) is 0 Å². The van der Waals surface area contributed by atoms with Gasteiger partial charge in [-0.25, -0.2) is 0 Å². The highest BCUT2D eigenvalue weighted by Gasteiger charge is 2.22. The van der Waals surface area contributed by atoms with Crippen molar-refractivity contribution in [1.29, 1.82) is 0 Å². The quantitative estimate of drug-likeness (QED) is 0.777. The van der Waals surface area contributed by atoms with Crippen LogP contribution < -0.4 is 15.8 Å². The van der Waals surface area contributed by atoms with Crippen LogP contribution in [0.3, 0.4) is 0 Å². The molecule has 0 aliphatic heterocycles. The lowest BCUT2D eigenvalue weighted by Crippen LogP contribution is -2.46. The fraction of sp³-hybridized carbons (Fsp3) is 0.462. The minimum atomic E-state index is -0.446. The average molecular weight is 252 g/mol. The summed E-state index contributed by atoms with van der Waals surface area (Å²) in [4.78, 5) is 12.1. The maximum absolute atomic E-state index is 12.1. The zero-order valence-electron chi connectivity index (χ0n) is 11.2. The van der Waals surface area contributed by atoms with E-state index >= 15 is 0 Å². The van der Waals surface area contributed by atoms with Crippen LogP contribution in [0, 0.1) is 0 Å². The van der Waals surface area contributed by atoms with Gasteiger partial charge in [0.05, 0.1) is 24.8 Å². The summed E-state index contributed by atoms with van der Waals surface area (Å²) in [5.74, 6) is 0.245. The minimum Gasteiger partial charge on any atom is -0.496 e. The number of nitrogens with one attached hydrogen (secondary N) is 1. The monoisotopic (exact) mass is 252 g/mol. The second-order valence-corrected chi connectivity index (χ2v) is 4.73. The topological polar surface area (TPSA) is 73.6 Å². The van der Waals surface area contributed by atoms with Crippen LogP contribution >= 0.6 is 0 Å². The van der Waals surface area contributed by atoms with Gasteiger partial charge >= 0.3 is 0 Å². The first-order valence-electron chi connectivity index (χ1n) is 5.64. The van der Waals surface area contributed by atoms with Gasteiger partial charge in [-0.2, -0.15) is 0 Å². The molecule has 0 saturated carbocycles. The lowest BCUT2D eigenvalue weighted by molar-refractivity contribution is 0.0817. The van der Waals surface area contributed by atoms with Crippen molar-refractivity contribution in [2.24, 2.45) is 0 Å². The molecule has 0 aliphatic carbocycles. The Bertz CT molecular complexity index is 430. The molecule has 1 aromatic rings. The van der Waals surface area contributed by atoms with E-state index in [1.165, 1.54) is 7.11 Å². The maximum Gasteiger partial charge on any atom is 0.255 e. The summed E-state index contributed by atoms with van der Waals surface area (Å²) in [7, 11) is 3.10. The molecule has 0 radical (unpaired) electrons. The van der Waals surface area contributed by atoms with Crippen molar-refractivity contribution in [2.45, 2.75) is 19.4 Å². The molecule has 1 rings (SSSR count). The Morgan fingerprint density at radius 2 is 2.06 bits per heavy atom. The first-order chi connectivity index (χ1) is 8.39. The lowest BCUT2D eigenvalue weighted by atomic mass is 10.1. The molecule has 18 heavy (non-hydrogen) atoms. The number of ether oxygens (including phenoxy) is 2. The number of hydrogen-bond donors (Lipinski definition) is 2. The van der Waals surface area contributed by atoms with Gasteiger partial charge in [0.1, 0.15) is 5.75 Å². The largest absolute Gasteiger partial charge is 0.496 e. The van der Waals surface area contributed by atoms with Crippen molar-refractivity contribution in [1.82, 2.24) is 5.32 Å². The number of nitrogens with two attached hydrogens (primary N) is 1. The molecule has 0 saturated heterocycles. The van der Waals surface area contributed by atoms with E-state index in [2.05, 4.69) is 5.32 Å². The van der Waals surface area contributed by atoms with E-state index in [9.17, 15) is 4.79 Å². The molecule has 0 spiro atoms. The van der Waals surface area contributed by atoms with Gasteiger partial charge < -0.3 is 20.5 Å². The second-order valence-electron chi connectivity index (χ2n) is 4.73. The van der Waals surface area contributed by atoms with Crippen molar-refractivity contribution >= 4 is 11.6 Å². The smallest absolute Gasteiger partial charge is 0.255 e. The number of methoxy groups -OCH3 is 2. The van der Waals surface area contributed by atoms with Gasteiger partial charge in [-0.3, -0.25) is 4.79 Å². The van der Waals surface area contributed by atoms with Crippen LogP contribution in [-0.4, -0.2) is 32.3 Å². The Morgan fingerprint density at radius 3 is 2.61 bits per heavy atom. The summed E-state index contributed by atoms with van der Waals surface area (Å²) >= 11 is 0. The van der Waals surface area contributed by atoms with Crippen LogP contribution in [0.1, 0.15) is 24.2 Å². The zero-order chi connectivity index (χ0) is 13.8. The van der Waals surface area contributed by atoms with Gasteiger partial charge in [-0.1, -0.05) is 0 Å². The number of benzene rings is 1. The van der Waals surface area contributed by atoms with Crippen LogP contribution in [0.2, 0.25) is 0 Å². The molecule has 1 aromatic carbocycles. The Hall–Kier alpha value is -1.75. The summed E-state index contributed by atoms with van der Waals surface area (Å²) in [6.45, 7) is 4.20. The van der Waals surface area contributed by atoms with Crippen molar-refractivity contribution in [3.8, 4) is 5.75 Å². The lowest BCUT2D eigenvalue weighted by Gasteiger charge is -2.25. The SMILES string of the molecule is COCC(C)(C)NC(=O)c1ccc(N)cc1OC. The van der Waals surface area contributed by atoms with E-state index in [-0.39, 0.29) is 5.91 Å². The van der Waals surface area contributed by atoms with Crippen molar-refractivity contribution < 1.29 is 14.3 Å². The van der Waals surface area contributed by atoms with E-state index in [4.69, 9.17) is 15.2 Å². The van der Waals surface area contributed by atoms with E-state index in [1.807, 2.05) is 13.8 Å². The fourth-order valence-electron chi connectivity index (χ4n) is 1.67. The van der Waals surface area contributed by atoms with Crippen LogP contribution in [0.5, 0.6) is 5.75 Å². The molecule has 100 valence electrons. The summed E-state index contributed by atoms with van der Waals surface area (Å²) < 4.78 is 10.2. The van der Waals surface area contributed by atoms with Gasteiger partial charge in [0.15, 0.2) is 0 Å². The molecule has 0 heterocycles. The van der Waals surface area contributed by atoms with Gasteiger partial charge in [0.25, 0.3) is 5.91 Å². The average Bonchev–Trinajstić information content (AvgIpc) is 2.27. The van der Waals surface area contributed by atoms with Gasteiger partial charge in [0.2, 0.25) is 0 Å². The highest BCUT2D eigenvalue weighted by Crippen LogP contribution is 2.22. The molecule has 0 aromatic heterocycles. The standard InChI is InChI=1S/C13H20N2O3/c1-13(2,8-17-3)15-12(16)10-6-5-9(14)7-11(10)18-4/h5-7H,8,14H2,1-4H3,(H,15,16). The predicted octanol–water partition coefficient (Wildman–Crippen LogP) is 1.43. The normalized spacial score (nSPS) is 11.1. The molecule has 3 N–H and O–H groups in total. The number of carbonyl (C=O) groups is 1. The third kappa shape index (κ3) is 3.63. The summed E-state index contributed by atoms with van der Waals surface area (Å²) in [6, 6.07) is 4.94. The second kappa shape index (κ2) is 5.73. The Labute approximate surface area is 107 Å². The molecule has 0 aliphatic rings. The Morgan fingerprint density at radius 1 is 1.39 bits per heavy atom. The Kier molecular flexibility index (Phi) is 4.55. The summed E-state index contributed by atoms with van der Waals surface area (Å²) in [6.07, 6.45) is 0. The van der Waals surface area contributed by atoms with Crippen molar-refractivity contribution in [2.75, 3.05) is 26.6 Å². The molecule has 0 fully saturated rings. The molecule has 5 heteroatoms. The predicted molar refractivity (Wildman–Crippen MR) is 70.8 cm³/mol. The summed E-state index contributed by atoms with van der Waals surface area (Å²) in [5, 5.41) is 2.88. The Balaban J connectivity index is 2.91. The van der Waals surface area contributed by atoms with E-state index in [0.29, 0.717) is 23.6 Å². The number of hydrogen-bond acceptors (Lipinski definition) is 4. The molecule has 5 nitrogen and oxygen atoms in total. The van der Waals surface area contributed by atoms with Crippen LogP contribution in [0.4, 0.5) is 5.69 Å². The number of anilines is 1. The van der Waals surface area contributed by atoms with E-state index in [0.717, 1.165) is 0 Å². The van der Waals surface area contributed by atoms with Crippen LogP contribution in [-0.2, 0) is 4.74 Å². The molecule has 0 unspecified atom stereocenters. The molecule has 0 bridgehead atoms. The molecular formula is C13H20N2O3. The van der Waals surface area contributed by atoms with Crippen LogP contribution in [0.25, 0.3) is 0 Å². The van der Waals surface area contributed by atoms with E-state index < -0.39 is 5.54 Å². The number of nitrogen functional groups attached to an aromatic ring is 1. The third-order valence-electron chi connectivity index (χ3n) is 2.43. The first kappa shape index (κ1) is 14.3. The van der Waals surface area contributed by atoms with Gasteiger partial charge in [-0.05, 0) is 26.0 Å². The zero-order valence-corrected chi connectivity index (χ0v) is 11.2. The molecule has 1 amide bonds. The minimum absolute atomic E-state index is 0.214. The van der Waals surface area contributed by atoms with Gasteiger partial charge in [0, 0.05) is 18.9 Å². The highest BCUT2D eigenvalue weighted by molar-refractivity contribution is 5.97. The first-order valence-corrected chi connectivity index (χ1v) is 5.64. The van der Waals surface area contributed by atoms with E-state index in [1.54, 1.807) is 25.3 Å². The third-order valence-corrected chi connectivity index (χ3v) is 2.43. The fourth-order valence-corrected chi connectivity index (χ4v) is 1.67. The van der Waals surface area contributed by atoms with Crippen molar-refractivity contribution in [3.05, 3.63) is 23.8 Å². The number of amides is 1. The number of carbonyl (C=O) groups excluding carboxylic acids is 1. The maximum atomic E-state index is 12.1. The summed E-state index contributed by atoms with van der Waals surface area (Å²) in [5.41, 5.74) is 6.21. The number of rotatable bonds is 5. The highest BCUT2D eigenvalue weighted by atomic mass is 16.5. The van der Waals surface area contributed by atoms with Crippen LogP contribution in [0.15, 0.2) is 18.2 Å². The molecular weight excluding hydrogens is 232 g/mol.